The molecule has 1 aliphatic rings. The number of rotatable bonds is 5. The summed E-state index contributed by atoms with van der Waals surface area (Å²) in [6.07, 6.45) is 3.75. The Kier molecular flexibility index (Phi) is 5.67. The van der Waals surface area contributed by atoms with Crippen LogP contribution in [0.4, 0.5) is 0 Å². The molecule has 19 heavy (non-hydrogen) atoms. The molecule has 1 heterocycles. The first-order chi connectivity index (χ1) is 9.33. The number of ether oxygens (including phenoxy) is 1. The van der Waals surface area contributed by atoms with Gasteiger partial charge in [0, 0.05) is 24.7 Å². The number of hydrogen-bond donors (Lipinski definition) is 1. The van der Waals surface area contributed by atoms with Crippen LogP contribution in [0.1, 0.15) is 31.7 Å². The maximum absolute atomic E-state index is 5.45. The maximum Gasteiger partial charge on any atom is 0.123 e. The Bertz CT molecular complexity index is 381. The van der Waals surface area contributed by atoms with Crippen LogP contribution in [0.3, 0.4) is 0 Å². The molecule has 0 spiro atoms. The molecule has 0 bridgehead atoms. The van der Waals surface area contributed by atoms with E-state index in [1.165, 1.54) is 31.4 Å². The lowest BCUT2D eigenvalue weighted by atomic mass is 10.1. The molecule has 0 aliphatic carbocycles. The van der Waals surface area contributed by atoms with Crippen molar-refractivity contribution in [3.8, 4) is 5.75 Å². The van der Waals surface area contributed by atoms with Gasteiger partial charge in [-0.05, 0) is 32.0 Å². The summed E-state index contributed by atoms with van der Waals surface area (Å²) in [4.78, 5) is 2.55. The molecule has 1 aliphatic heterocycles. The molecule has 1 aromatic rings. The number of para-hydroxylation sites is 1. The van der Waals surface area contributed by atoms with Gasteiger partial charge in [-0.2, -0.15) is 0 Å². The van der Waals surface area contributed by atoms with Crippen molar-refractivity contribution in [3.05, 3.63) is 29.8 Å². The number of benzene rings is 1. The van der Waals surface area contributed by atoms with Gasteiger partial charge in [-0.25, -0.2) is 0 Å². The first-order valence-electron chi connectivity index (χ1n) is 7.41. The molecule has 106 valence electrons. The van der Waals surface area contributed by atoms with Crippen molar-refractivity contribution in [2.24, 2.45) is 0 Å². The first-order valence-corrected chi connectivity index (χ1v) is 7.41. The van der Waals surface area contributed by atoms with E-state index in [4.69, 9.17) is 4.74 Å². The van der Waals surface area contributed by atoms with Crippen molar-refractivity contribution in [3.63, 3.8) is 0 Å². The Labute approximate surface area is 116 Å². The molecule has 3 nitrogen and oxygen atoms in total. The molecule has 1 unspecified atom stereocenters. The van der Waals surface area contributed by atoms with Crippen LogP contribution in [-0.2, 0) is 6.54 Å². The van der Waals surface area contributed by atoms with E-state index in [1.807, 2.05) is 6.07 Å². The third-order valence-corrected chi connectivity index (χ3v) is 3.79. The largest absolute Gasteiger partial charge is 0.496 e. The first kappa shape index (κ1) is 14.4. The quantitative estimate of drug-likeness (QED) is 0.883. The minimum atomic E-state index is 0.641. The Balaban J connectivity index is 2.00. The van der Waals surface area contributed by atoms with Crippen molar-refractivity contribution in [2.75, 3.05) is 26.7 Å². The van der Waals surface area contributed by atoms with Crippen LogP contribution in [0.2, 0.25) is 0 Å². The Morgan fingerprint density at radius 1 is 1.37 bits per heavy atom. The Hall–Kier alpha value is -1.06. The van der Waals surface area contributed by atoms with E-state index in [9.17, 15) is 0 Å². The highest BCUT2D eigenvalue weighted by atomic mass is 16.5. The van der Waals surface area contributed by atoms with Crippen molar-refractivity contribution in [2.45, 2.75) is 38.8 Å². The molecule has 0 amide bonds. The summed E-state index contributed by atoms with van der Waals surface area (Å²) >= 11 is 0. The van der Waals surface area contributed by atoms with Gasteiger partial charge in [0.15, 0.2) is 0 Å². The summed E-state index contributed by atoms with van der Waals surface area (Å²) < 4.78 is 5.45. The summed E-state index contributed by atoms with van der Waals surface area (Å²) in [5.41, 5.74) is 1.29. The third-order valence-electron chi connectivity index (χ3n) is 3.79. The summed E-state index contributed by atoms with van der Waals surface area (Å²) in [7, 11) is 1.75. The molecule has 0 aromatic heterocycles. The van der Waals surface area contributed by atoms with Crippen LogP contribution in [0.15, 0.2) is 24.3 Å². The van der Waals surface area contributed by atoms with Gasteiger partial charge in [0.1, 0.15) is 5.75 Å². The molecule has 2 rings (SSSR count). The normalized spacial score (nSPS) is 21.1. The van der Waals surface area contributed by atoms with Gasteiger partial charge in [-0.3, -0.25) is 4.90 Å². The highest BCUT2D eigenvalue weighted by molar-refractivity contribution is 5.33. The van der Waals surface area contributed by atoms with Crippen LogP contribution in [-0.4, -0.2) is 37.7 Å². The second-order valence-corrected chi connectivity index (χ2v) is 5.34. The van der Waals surface area contributed by atoms with E-state index in [1.54, 1.807) is 7.11 Å². The van der Waals surface area contributed by atoms with Crippen molar-refractivity contribution in [1.29, 1.82) is 0 Å². The molecular formula is C16H26N2O. The van der Waals surface area contributed by atoms with Gasteiger partial charge >= 0.3 is 0 Å². The lowest BCUT2D eigenvalue weighted by Crippen LogP contribution is -2.37. The SMILES string of the molecule is CCCC1CN(Cc2ccccc2OC)CCCN1. The molecule has 1 fully saturated rings. The van der Waals surface area contributed by atoms with Gasteiger partial charge in [0.2, 0.25) is 0 Å². The average molecular weight is 262 g/mol. The zero-order valence-corrected chi connectivity index (χ0v) is 12.2. The van der Waals surface area contributed by atoms with Crippen molar-refractivity contribution in [1.82, 2.24) is 10.2 Å². The fourth-order valence-corrected chi connectivity index (χ4v) is 2.84. The molecule has 3 heteroatoms. The van der Waals surface area contributed by atoms with Gasteiger partial charge in [-0.1, -0.05) is 31.5 Å². The fourth-order valence-electron chi connectivity index (χ4n) is 2.84. The lowest BCUT2D eigenvalue weighted by molar-refractivity contribution is 0.251. The number of nitrogens with one attached hydrogen (secondary N) is 1. The molecule has 0 saturated carbocycles. The van der Waals surface area contributed by atoms with Gasteiger partial charge < -0.3 is 10.1 Å². The zero-order valence-electron chi connectivity index (χ0n) is 12.2. The minimum absolute atomic E-state index is 0.641. The number of hydrogen-bond acceptors (Lipinski definition) is 3. The lowest BCUT2D eigenvalue weighted by Gasteiger charge is -2.24. The highest BCUT2D eigenvalue weighted by Crippen LogP contribution is 2.20. The average Bonchev–Trinajstić information content (AvgIpc) is 2.65. The van der Waals surface area contributed by atoms with Gasteiger partial charge in [0.05, 0.1) is 7.11 Å². The highest BCUT2D eigenvalue weighted by Gasteiger charge is 2.17. The molecular weight excluding hydrogens is 236 g/mol. The molecule has 1 aromatic carbocycles. The molecule has 1 N–H and O–H groups in total. The number of nitrogens with zero attached hydrogens (tertiary/aromatic N) is 1. The standard InChI is InChI=1S/C16H26N2O/c1-3-7-15-13-18(11-6-10-17-15)12-14-8-4-5-9-16(14)19-2/h4-5,8-9,15,17H,3,6-7,10-13H2,1-2H3. The Morgan fingerprint density at radius 2 is 2.21 bits per heavy atom. The van der Waals surface area contributed by atoms with E-state index >= 15 is 0 Å². The van der Waals surface area contributed by atoms with E-state index in [0.717, 1.165) is 25.4 Å². The predicted octanol–water partition coefficient (Wildman–Crippen LogP) is 2.66. The monoisotopic (exact) mass is 262 g/mol. The summed E-state index contributed by atoms with van der Waals surface area (Å²) in [6.45, 7) is 6.72. The maximum atomic E-state index is 5.45. The van der Waals surface area contributed by atoms with E-state index < -0.39 is 0 Å². The van der Waals surface area contributed by atoms with Crippen molar-refractivity contribution >= 4 is 0 Å². The van der Waals surface area contributed by atoms with Crippen LogP contribution >= 0.6 is 0 Å². The van der Waals surface area contributed by atoms with Crippen LogP contribution in [0.25, 0.3) is 0 Å². The minimum Gasteiger partial charge on any atom is -0.496 e. The Morgan fingerprint density at radius 3 is 3.00 bits per heavy atom. The fraction of sp³-hybridized carbons (Fsp3) is 0.625. The van der Waals surface area contributed by atoms with Crippen molar-refractivity contribution < 1.29 is 4.74 Å². The molecule has 0 radical (unpaired) electrons. The predicted molar refractivity (Wildman–Crippen MR) is 79.6 cm³/mol. The van der Waals surface area contributed by atoms with E-state index in [2.05, 4.69) is 35.3 Å². The van der Waals surface area contributed by atoms with Crippen LogP contribution in [0.5, 0.6) is 5.75 Å². The topological polar surface area (TPSA) is 24.5 Å². The molecule has 1 saturated heterocycles. The summed E-state index contributed by atoms with van der Waals surface area (Å²) in [5, 5.41) is 3.65. The van der Waals surface area contributed by atoms with Crippen LogP contribution < -0.4 is 10.1 Å². The van der Waals surface area contributed by atoms with E-state index in [-0.39, 0.29) is 0 Å². The molecule has 1 atom stereocenters. The second kappa shape index (κ2) is 7.51. The van der Waals surface area contributed by atoms with Gasteiger partial charge in [0.25, 0.3) is 0 Å². The smallest absolute Gasteiger partial charge is 0.123 e. The summed E-state index contributed by atoms with van der Waals surface area (Å²) in [5.74, 6) is 1.01. The van der Waals surface area contributed by atoms with Gasteiger partial charge in [-0.15, -0.1) is 0 Å². The van der Waals surface area contributed by atoms with Crippen LogP contribution in [0, 0.1) is 0 Å². The summed E-state index contributed by atoms with van der Waals surface area (Å²) in [6, 6.07) is 8.99. The third kappa shape index (κ3) is 4.22. The number of methoxy groups -OCH3 is 1. The zero-order chi connectivity index (χ0) is 13.5. The second-order valence-electron chi connectivity index (χ2n) is 5.34. The van der Waals surface area contributed by atoms with E-state index in [0.29, 0.717) is 6.04 Å².